The van der Waals surface area contributed by atoms with E-state index in [-0.39, 0.29) is 11.8 Å². The van der Waals surface area contributed by atoms with E-state index in [2.05, 4.69) is 30.9 Å². The number of rotatable bonds is 5. The molecule has 0 heterocycles. The molecule has 1 unspecified atom stereocenters. The fourth-order valence-electron chi connectivity index (χ4n) is 2.66. The third kappa shape index (κ3) is 6.76. The second-order valence-corrected chi connectivity index (χ2v) is 5.97. The number of hydrogen-bond donors (Lipinski definition) is 1. The first-order valence-corrected chi connectivity index (χ1v) is 7.71. The highest BCUT2D eigenvalue weighted by Crippen LogP contribution is 2.25. The van der Waals surface area contributed by atoms with Crippen molar-refractivity contribution in [1.29, 1.82) is 0 Å². The molecule has 0 radical (unpaired) electrons. The molecule has 1 aliphatic carbocycles. The molecule has 1 aliphatic rings. The lowest BCUT2D eigenvalue weighted by Gasteiger charge is -2.18. The van der Waals surface area contributed by atoms with Crippen LogP contribution in [0, 0.1) is 5.92 Å². The molecule has 1 rings (SSSR count). The average molecular weight is 266 g/mol. The van der Waals surface area contributed by atoms with E-state index in [0.717, 1.165) is 44.3 Å². The quantitative estimate of drug-likeness (QED) is 0.613. The summed E-state index contributed by atoms with van der Waals surface area (Å²) >= 11 is 0. The highest BCUT2D eigenvalue weighted by molar-refractivity contribution is 5.81. The Labute approximate surface area is 118 Å². The second-order valence-electron chi connectivity index (χ2n) is 5.97. The Bertz CT molecular complexity index is 286. The van der Waals surface area contributed by atoms with Gasteiger partial charge in [-0.1, -0.05) is 37.8 Å². The molecule has 19 heavy (non-hydrogen) atoms. The maximum absolute atomic E-state index is 12.2. The fourth-order valence-corrected chi connectivity index (χ4v) is 2.66. The summed E-state index contributed by atoms with van der Waals surface area (Å²) < 4.78 is 0. The Morgan fingerprint density at radius 3 is 2.68 bits per heavy atom. The monoisotopic (exact) mass is 266 g/mol. The van der Waals surface area contributed by atoms with Crippen molar-refractivity contribution in [3.63, 3.8) is 0 Å². The Kier molecular flexibility index (Phi) is 7.80. The Balaban J connectivity index is 2.36. The number of amides is 1. The minimum absolute atomic E-state index is 0.0532. The lowest BCUT2D eigenvalue weighted by Crippen LogP contribution is -2.33. The summed E-state index contributed by atoms with van der Waals surface area (Å²) in [5.74, 6) is 0.253. The molecule has 0 aliphatic heterocycles. The van der Waals surface area contributed by atoms with Gasteiger partial charge in [-0.05, 0) is 46.3 Å². The van der Waals surface area contributed by atoms with Crippen molar-refractivity contribution < 1.29 is 4.79 Å². The van der Waals surface area contributed by atoms with Crippen LogP contribution in [0.25, 0.3) is 0 Å². The van der Waals surface area contributed by atoms with Crippen molar-refractivity contribution in [1.82, 2.24) is 10.2 Å². The molecular formula is C16H30N2O. The molecule has 1 saturated carbocycles. The van der Waals surface area contributed by atoms with Crippen LogP contribution < -0.4 is 5.32 Å². The first-order valence-electron chi connectivity index (χ1n) is 7.71. The predicted octanol–water partition coefficient (Wildman–Crippen LogP) is 2.97. The maximum Gasteiger partial charge on any atom is 0.227 e. The Hall–Kier alpha value is -0.830. The van der Waals surface area contributed by atoms with Gasteiger partial charge < -0.3 is 10.2 Å². The number of nitrogens with zero attached hydrogens (tertiary/aromatic N) is 1. The number of carbonyl (C=O) groups excluding carboxylic acids is 1. The zero-order chi connectivity index (χ0) is 14.1. The molecule has 3 nitrogen and oxygen atoms in total. The van der Waals surface area contributed by atoms with Gasteiger partial charge in [0.1, 0.15) is 0 Å². The van der Waals surface area contributed by atoms with Crippen molar-refractivity contribution >= 4 is 5.91 Å². The summed E-state index contributed by atoms with van der Waals surface area (Å²) in [5.41, 5.74) is 1.15. The van der Waals surface area contributed by atoms with Crippen LogP contribution in [0.3, 0.4) is 0 Å². The molecular weight excluding hydrogens is 236 g/mol. The molecule has 0 aromatic heterocycles. The third-order valence-corrected chi connectivity index (χ3v) is 3.88. The van der Waals surface area contributed by atoms with Crippen molar-refractivity contribution in [3.05, 3.63) is 12.2 Å². The molecule has 0 bridgehead atoms. The van der Waals surface area contributed by atoms with Gasteiger partial charge in [-0.15, -0.1) is 0 Å². The largest absolute Gasteiger partial charge is 0.356 e. The van der Waals surface area contributed by atoms with Gasteiger partial charge in [-0.25, -0.2) is 0 Å². The first kappa shape index (κ1) is 16.2. The van der Waals surface area contributed by atoms with Crippen LogP contribution in [0.4, 0.5) is 0 Å². The minimum atomic E-state index is 0.0532. The van der Waals surface area contributed by atoms with E-state index in [0.29, 0.717) is 0 Å². The van der Waals surface area contributed by atoms with Gasteiger partial charge >= 0.3 is 0 Å². The molecule has 0 aromatic rings. The van der Waals surface area contributed by atoms with Crippen molar-refractivity contribution in [3.8, 4) is 0 Å². The Morgan fingerprint density at radius 1 is 1.26 bits per heavy atom. The zero-order valence-electron chi connectivity index (χ0n) is 12.7. The standard InChI is InChI=1S/C16H30N2O/c1-14-10-7-5-4-6-8-11-15(14)16(19)17-12-9-13-18(2)3/h15H,1,4-13H2,2-3H3,(H,17,19). The summed E-state index contributed by atoms with van der Waals surface area (Å²) in [6.45, 7) is 5.95. The van der Waals surface area contributed by atoms with E-state index in [4.69, 9.17) is 0 Å². The summed E-state index contributed by atoms with van der Waals surface area (Å²) in [5, 5.41) is 3.08. The van der Waals surface area contributed by atoms with Crippen molar-refractivity contribution in [2.75, 3.05) is 27.2 Å². The number of nitrogens with one attached hydrogen (secondary N) is 1. The SMILES string of the molecule is C=C1CCCCCCCC1C(=O)NCCCN(C)C. The third-order valence-electron chi connectivity index (χ3n) is 3.88. The zero-order valence-corrected chi connectivity index (χ0v) is 12.7. The first-order chi connectivity index (χ1) is 9.11. The molecule has 1 atom stereocenters. The van der Waals surface area contributed by atoms with Crippen LogP contribution in [0.1, 0.15) is 51.4 Å². The van der Waals surface area contributed by atoms with E-state index >= 15 is 0 Å². The highest BCUT2D eigenvalue weighted by atomic mass is 16.1. The molecule has 3 heteroatoms. The van der Waals surface area contributed by atoms with Crippen molar-refractivity contribution in [2.24, 2.45) is 5.92 Å². The van der Waals surface area contributed by atoms with Crippen LogP contribution in [0.15, 0.2) is 12.2 Å². The molecule has 1 fully saturated rings. The molecule has 110 valence electrons. The average Bonchev–Trinajstić information content (AvgIpc) is 2.46. The van der Waals surface area contributed by atoms with Crippen LogP contribution in [0.5, 0.6) is 0 Å². The summed E-state index contributed by atoms with van der Waals surface area (Å²) in [4.78, 5) is 14.4. The van der Waals surface area contributed by atoms with E-state index in [1.165, 1.54) is 25.7 Å². The predicted molar refractivity (Wildman–Crippen MR) is 81.1 cm³/mol. The highest BCUT2D eigenvalue weighted by Gasteiger charge is 2.21. The lowest BCUT2D eigenvalue weighted by atomic mass is 9.91. The second kappa shape index (κ2) is 9.13. The fraction of sp³-hybridized carbons (Fsp3) is 0.812. The molecule has 0 aromatic carbocycles. The van der Waals surface area contributed by atoms with Crippen LogP contribution in [-0.2, 0) is 4.79 Å². The maximum atomic E-state index is 12.2. The van der Waals surface area contributed by atoms with Crippen LogP contribution in [0.2, 0.25) is 0 Å². The smallest absolute Gasteiger partial charge is 0.227 e. The van der Waals surface area contributed by atoms with Gasteiger partial charge in [0.2, 0.25) is 5.91 Å². The summed E-state index contributed by atoms with van der Waals surface area (Å²) in [6, 6.07) is 0. The van der Waals surface area contributed by atoms with Gasteiger partial charge in [0, 0.05) is 6.54 Å². The molecule has 1 N–H and O–H groups in total. The van der Waals surface area contributed by atoms with Gasteiger partial charge in [0.15, 0.2) is 0 Å². The Morgan fingerprint density at radius 2 is 1.95 bits per heavy atom. The normalized spacial score (nSPS) is 21.6. The van der Waals surface area contributed by atoms with Gasteiger partial charge in [0.25, 0.3) is 0 Å². The van der Waals surface area contributed by atoms with Crippen molar-refractivity contribution in [2.45, 2.75) is 51.4 Å². The van der Waals surface area contributed by atoms with Crippen LogP contribution in [-0.4, -0.2) is 38.0 Å². The molecule has 0 saturated heterocycles. The summed E-state index contributed by atoms with van der Waals surface area (Å²) in [6.07, 6.45) is 9.24. The van der Waals surface area contributed by atoms with Gasteiger partial charge in [-0.2, -0.15) is 0 Å². The summed E-state index contributed by atoms with van der Waals surface area (Å²) in [7, 11) is 4.12. The topological polar surface area (TPSA) is 32.3 Å². The van der Waals surface area contributed by atoms with E-state index < -0.39 is 0 Å². The molecule has 0 spiro atoms. The molecule has 1 amide bonds. The van der Waals surface area contributed by atoms with Gasteiger partial charge in [0.05, 0.1) is 5.92 Å². The number of hydrogen-bond acceptors (Lipinski definition) is 2. The number of carbonyl (C=O) groups is 1. The van der Waals surface area contributed by atoms with Crippen LogP contribution >= 0.6 is 0 Å². The van der Waals surface area contributed by atoms with E-state index in [9.17, 15) is 4.79 Å². The van der Waals surface area contributed by atoms with Gasteiger partial charge in [-0.3, -0.25) is 4.79 Å². The lowest BCUT2D eigenvalue weighted by molar-refractivity contribution is -0.124. The van der Waals surface area contributed by atoms with E-state index in [1.54, 1.807) is 0 Å². The van der Waals surface area contributed by atoms with E-state index in [1.807, 2.05) is 0 Å². The minimum Gasteiger partial charge on any atom is -0.356 e.